The Labute approximate surface area is 159 Å². The first-order valence-corrected chi connectivity index (χ1v) is 8.83. The lowest BCUT2D eigenvalue weighted by Gasteiger charge is -2.16. The van der Waals surface area contributed by atoms with E-state index in [0.29, 0.717) is 17.9 Å². The van der Waals surface area contributed by atoms with E-state index in [9.17, 15) is 9.59 Å². The number of rotatable bonds is 9. The van der Waals surface area contributed by atoms with Gasteiger partial charge in [0.05, 0.1) is 0 Å². The minimum absolute atomic E-state index is 0.161. The molecule has 0 spiro atoms. The molecule has 0 bridgehead atoms. The first kappa shape index (κ1) is 20.3. The van der Waals surface area contributed by atoms with Crippen LogP contribution in [0.25, 0.3) is 0 Å². The van der Waals surface area contributed by atoms with E-state index < -0.39 is 17.9 Å². The third-order valence-corrected chi connectivity index (χ3v) is 3.79. The molecule has 1 amide bonds. The van der Waals surface area contributed by atoms with Crippen LogP contribution in [-0.2, 0) is 9.59 Å². The number of hydrogen-bond acceptors (Lipinski definition) is 4. The summed E-state index contributed by atoms with van der Waals surface area (Å²) in [5, 5.41) is 11.6. The van der Waals surface area contributed by atoms with Gasteiger partial charge in [0.1, 0.15) is 23.3 Å². The van der Waals surface area contributed by atoms with E-state index in [2.05, 4.69) is 5.32 Å². The second kappa shape index (κ2) is 9.62. The first-order valence-electron chi connectivity index (χ1n) is 8.83. The molecule has 1 atom stereocenters. The van der Waals surface area contributed by atoms with Gasteiger partial charge < -0.3 is 19.9 Å². The molecule has 0 aromatic heterocycles. The van der Waals surface area contributed by atoms with Crippen molar-refractivity contribution in [2.24, 2.45) is 5.92 Å². The Balaban J connectivity index is 1.84. The summed E-state index contributed by atoms with van der Waals surface area (Å²) in [6.07, 6.45) is 0.367. The fraction of sp³-hybridized carbons (Fsp3) is 0.333. The Bertz CT molecular complexity index is 753. The minimum Gasteiger partial charge on any atom is -0.484 e. The number of carbonyl (C=O) groups is 2. The highest BCUT2D eigenvalue weighted by Gasteiger charge is 2.21. The number of nitrogens with one attached hydrogen (secondary N) is 1. The molecule has 2 rings (SSSR count). The van der Waals surface area contributed by atoms with Crippen molar-refractivity contribution in [3.05, 3.63) is 54.1 Å². The summed E-state index contributed by atoms with van der Waals surface area (Å²) in [6, 6.07) is 13.7. The molecule has 0 unspecified atom stereocenters. The predicted octanol–water partition coefficient (Wildman–Crippen LogP) is 3.78. The number of carboxylic acids is 1. The van der Waals surface area contributed by atoms with E-state index in [1.807, 2.05) is 45.0 Å². The molecule has 0 aliphatic rings. The molecule has 0 radical (unpaired) electrons. The summed E-state index contributed by atoms with van der Waals surface area (Å²) in [5.41, 5.74) is 1.16. The van der Waals surface area contributed by atoms with Gasteiger partial charge in [-0.1, -0.05) is 31.5 Å². The number of amides is 1. The summed E-state index contributed by atoms with van der Waals surface area (Å²) in [6.45, 7) is 5.56. The molecule has 144 valence electrons. The van der Waals surface area contributed by atoms with Crippen LogP contribution in [-0.4, -0.2) is 29.6 Å². The minimum atomic E-state index is -1.05. The van der Waals surface area contributed by atoms with E-state index in [0.717, 1.165) is 11.3 Å². The second-order valence-electron chi connectivity index (χ2n) is 6.76. The van der Waals surface area contributed by atoms with E-state index in [1.54, 1.807) is 24.3 Å². The molecule has 6 heteroatoms. The molecule has 0 fully saturated rings. The number of aliphatic carboxylic acids is 1. The average Bonchev–Trinajstić information content (AvgIpc) is 2.62. The monoisotopic (exact) mass is 371 g/mol. The fourth-order valence-electron chi connectivity index (χ4n) is 2.42. The normalized spacial score (nSPS) is 11.7. The van der Waals surface area contributed by atoms with Gasteiger partial charge in [-0.2, -0.15) is 0 Å². The van der Waals surface area contributed by atoms with Crippen LogP contribution in [0, 0.1) is 12.8 Å². The molecule has 0 aliphatic heterocycles. The topological polar surface area (TPSA) is 84.9 Å². The zero-order chi connectivity index (χ0) is 19.8. The van der Waals surface area contributed by atoms with Crippen molar-refractivity contribution in [3.63, 3.8) is 0 Å². The van der Waals surface area contributed by atoms with Crippen molar-refractivity contribution in [2.75, 3.05) is 6.61 Å². The average molecular weight is 371 g/mol. The van der Waals surface area contributed by atoms with Crippen LogP contribution >= 0.6 is 0 Å². The molecule has 2 aromatic carbocycles. The summed E-state index contributed by atoms with van der Waals surface area (Å²) < 4.78 is 11.1. The standard InChI is InChI=1S/C21H25NO5/c1-14(2)12-19(21(24)25)22-20(23)13-26-16-8-10-18(11-9-16)27-17-6-4-15(3)5-7-17/h4-11,14,19H,12-13H2,1-3H3,(H,22,23)(H,24,25)/t19-/m1/s1. The quantitative estimate of drug-likeness (QED) is 0.701. The van der Waals surface area contributed by atoms with Crippen molar-refractivity contribution in [2.45, 2.75) is 33.2 Å². The summed E-state index contributed by atoms with van der Waals surface area (Å²) in [5.74, 6) is 0.528. The zero-order valence-electron chi connectivity index (χ0n) is 15.8. The highest BCUT2D eigenvalue weighted by molar-refractivity contribution is 5.84. The molecule has 0 aliphatic carbocycles. The van der Waals surface area contributed by atoms with Crippen molar-refractivity contribution in [1.82, 2.24) is 5.32 Å². The van der Waals surface area contributed by atoms with E-state index in [1.165, 1.54) is 0 Å². The van der Waals surface area contributed by atoms with Crippen molar-refractivity contribution >= 4 is 11.9 Å². The van der Waals surface area contributed by atoms with Crippen LogP contribution in [0.2, 0.25) is 0 Å². The maximum atomic E-state index is 11.9. The van der Waals surface area contributed by atoms with E-state index >= 15 is 0 Å². The van der Waals surface area contributed by atoms with Gasteiger partial charge in [-0.15, -0.1) is 0 Å². The predicted molar refractivity (Wildman–Crippen MR) is 102 cm³/mol. The highest BCUT2D eigenvalue weighted by atomic mass is 16.5. The summed E-state index contributed by atoms with van der Waals surface area (Å²) in [4.78, 5) is 23.1. The lowest BCUT2D eigenvalue weighted by molar-refractivity contribution is -0.142. The maximum absolute atomic E-state index is 11.9. The summed E-state index contributed by atoms with van der Waals surface area (Å²) in [7, 11) is 0. The van der Waals surface area contributed by atoms with Crippen LogP contribution in [0.15, 0.2) is 48.5 Å². The van der Waals surface area contributed by atoms with Crippen LogP contribution in [0.4, 0.5) is 0 Å². The van der Waals surface area contributed by atoms with Gasteiger partial charge in [0.2, 0.25) is 0 Å². The largest absolute Gasteiger partial charge is 0.484 e. The van der Waals surface area contributed by atoms with Crippen LogP contribution in [0.5, 0.6) is 17.2 Å². The van der Waals surface area contributed by atoms with E-state index in [-0.39, 0.29) is 12.5 Å². The van der Waals surface area contributed by atoms with Gasteiger partial charge in [-0.05, 0) is 55.7 Å². The lowest BCUT2D eigenvalue weighted by atomic mass is 10.0. The van der Waals surface area contributed by atoms with Crippen LogP contribution < -0.4 is 14.8 Å². The van der Waals surface area contributed by atoms with Crippen molar-refractivity contribution in [1.29, 1.82) is 0 Å². The molecular formula is C21H25NO5. The van der Waals surface area contributed by atoms with Gasteiger partial charge in [0, 0.05) is 0 Å². The SMILES string of the molecule is Cc1ccc(Oc2ccc(OCC(=O)N[C@H](CC(C)C)C(=O)O)cc2)cc1. The molecule has 0 saturated heterocycles. The maximum Gasteiger partial charge on any atom is 0.326 e. The van der Waals surface area contributed by atoms with Crippen molar-refractivity contribution in [3.8, 4) is 17.2 Å². The number of aryl methyl sites for hydroxylation is 1. The molecular weight excluding hydrogens is 346 g/mol. The van der Waals surface area contributed by atoms with Gasteiger partial charge in [-0.3, -0.25) is 4.79 Å². The first-order chi connectivity index (χ1) is 12.8. The molecule has 2 N–H and O–H groups in total. The van der Waals surface area contributed by atoms with Crippen LogP contribution in [0.3, 0.4) is 0 Å². The fourth-order valence-corrected chi connectivity index (χ4v) is 2.42. The Morgan fingerprint density at radius 2 is 1.48 bits per heavy atom. The smallest absolute Gasteiger partial charge is 0.326 e. The second-order valence-corrected chi connectivity index (χ2v) is 6.76. The molecule has 0 heterocycles. The Morgan fingerprint density at radius 1 is 0.963 bits per heavy atom. The number of ether oxygens (including phenoxy) is 2. The van der Waals surface area contributed by atoms with Gasteiger partial charge in [0.25, 0.3) is 5.91 Å². The van der Waals surface area contributed by atoms with Crippen LogP contribution in [0.1, 0.15) is 25.8 Å². The van der Waals surface area contributed by atoms with Gasteiger partial charge >= 0.3 is 5.97 Å². The summed E-state index contributed by atoms with van der Waals surface area (Å²) >= 11 is 0. The molecule has 6 nitrogen and oxygen atoms in total. The number of benzene rings is 2. The third kappa shape index (κ3) is 7.01. The molecule has 2 aromatic rings. The van der Waals surface area contributed by atoms with Crippen molar-refractivity contribution < 1.29 is 24.2 Å². The van der Waals surface area contributed by atoms with Gasteiger partial charge in [0.15, 0.2) is 6.61 Å². The Morgan fingerprint density at radius 3 is 2.00 bits per heavy atom. The number of carboxylic acid groups (broad SMARTS) is 1. The third-order valence-electron chi connectivity index (χ3n) is 3.79. The lowest BCUT2D eigenvalue weighted by Crippen LogP contribution is -2.43. The highest BCUT2D eigenvalue weighted by Crippen LogP contribution is 2.24. The Kier molecular flexibility index (Phi) is 7.23. The van der Waals surface area contributed by atoms with Gasteiger partial charge in [-0.25, -0.2) is 4.79 Å². The molecule has 27 heavy (non-hydrogen) atoms. The molecule has 0 saturated carbocycles. The zero-order valence-corrected chi connectivity index (χ0v) is 15.8. The Hall–Kier alpha value is -3.02. The van der Waals surface area contributed by atoms with E-state index in [4.69, 9.17) is 14.6 Å². The number of hydrogen-bond donors (Lipinski definition) is 2. The number of carbonyl (C=O) groups excluding carboxylic acids is 1.